The highest BCUT2D eigenvalue weighted by Gasteiger charge is 2.09. The van der Waals surface area contributed by atoms with Gasteiger partial charge in [-0.25, -0.2) is 18.7 Å². The lowest BCUT2D eigenvalue weighted by Gasteiger charge is -2.08. The molecule has 3 nitrogen and oxygen atoms in total. The van der Waals surface area contributed by atoms with Crippen LogP contribution in [0, 0.1) is 11.6 Å². The Morgan fingerprint density at radius 1 is 1.17 bits per heavy atom. The number of nitrogens with one attached hydrogen (secondary N) is 1. The minimum absolute atomic E-state index is 0.102. The lowest BCUT2D eigenvalue weighted by molar-refractivity contribution is 0.593. The van der Waals surface area contributed by atoms with Crippen molar-refractivity contribution >= 4 is 5.82 Å². The summed E-state index contributed by atoms with van der Waals surface area (Å²) in [4.78, 5) is 7.64. The molecule has 2 aromatic rings. The van der Waals surface area contributed by atoms with E-state index in [2.05, 4.69) is 15.3 Å². The molecular weight excluding hydrogens is 236 g/mol. The molecule has 1 aromatic carbocycles. The fourth-order valence-electron chi connectivity index (χ4n) is 1.60. The van der Waals surface area contributed by atoms with Crippen LogP contribution in [0.2, 0.25) is 0 Å². The first-order chi connectivity index (χ1) is 8.72. The number of hydrogen-bond acceptors (Lipinski definition) is 3. The van der Waals surface area contributed by atoms with Gasteiger partial charge in [-0.3, -0.25) is 0 Å². The Hall–Kier alpha value is -2.04. The van der Waals surface area contributed by atoms with Gasteiger partial charge in [-0.15, -0.1) is 0 Å². The highest BCUT2D eigenvalue weighted by Crippen LogP contribution is 2.15. The topological polar surface area (TPSA) is 37.8 Å². The molecule has 0 aliphatic rings. The lowest BCUT2D eigenvalue weighted by atomic mass is 10.2. The van der Waals surface area contributed by atoms with Crippen molar-refractivity contribution < 1.29 is 8.78 Å². The van der Waals surface area contributed by atoms with Crippen LogP contribution < -0.4 is 5.32 Å². The smallest absolute Gasteiger partial charge is 0.186 e. The van der Waals surface area contributed by atoms with Gasteiger partial charge < -0.3 is 5.32 Å². The van der Waals surface area contributed by atoms with Crippen LogP contribution in [0.4, 0.5) is 14.6 Å². The summed E-state index contributed by atoms with van der Waals surface area (Å²) in [5, 5.41) is 2.78. The number of hydrogen-bond donors (Lipinski definition) is 1. The van der Waals surface area contributed by atoms with Crippen LogP contribution in [-0.2, 0) is 13.0 Å². The molecule has 18 heavy (non-hydrogen) atoms. The molecule has 0 saturated carbocycles. The van der Waals surface area contributed by atoms with E-state index in [1.54, 1.807) is 18.2 Å². The van der Waals surface area contributed by atoms with Gasteiger partial charge in [0.1, 0.15) is 12.1 Å². The van der Waals surface area contributed by atoms with E-state index in [0.29, 0.717) is 17.7 Å². The van der Waals surface area contributed by atoms with Crippen LogP contribution in [0.5, 0.6) is 0 Å². The van der Waals surface area contributed by atoms with Gasteiger partial charge >= 0.3 is 0 Å². The van der Waals surface area contributed by atoms with E-state index in [4.69, 9.17) is 0 Å². The van der Waals surface area contributed by atoms with E-state index < -0.39 is 5.82 Å². The summed E-state index contributed by atoms with van der Waals surface area (Å²) in [5.41, 5.74) is 0.814. The molecule has 1 N–H and O–H groups in total. The van der Waals surface area contributed by atoms with Crippen LogP contribution >= 0.6 is 0 Å². The maximum absolute atomic E-state index is 13.8. The molecule has 0 aliphatic heterocycles. The summed E-state index contributed by atoms with van der Waals surface area (Å²) in [6, 6.07) is 6.35. The zero-order chi connectivity index (χ0) is 13.0. The number of halogens is 2. The van der Waals surface area contributed by atoms with Crippen molar-refractivity contribution in [2.24, 2.45) is 0 Å². The van der Waals surface area contributed by atoms with Crippen LogP contribution in [0.1, 0.15) is 18.2 Å². The van der Waals surface area contributed by atoms with E-state index in [1.807, 2.05) is 6.92 Å². The highest BCUT2D eigenvalue weighted by atomic mass is 19.1. The van der Waals surface area contributed by atoms with E-state index in [-0.39, 0.29) is 18.2 Å². The van der Waals surface area contributed by atoms with Crippen molar-refractivity contribution in [1.29, 1.82) is 0 Å². The molecular formula is C13H13F2N3. The molecule has 5 heteroatoms. The predicted molar refractivity (Wildman–Crippen MR) is 65.1 cm³/mol. The Morgan fingerprint density at radius 2 is 1.94 bits per heavy atom. The Bertz CT molecular complexity index is 544. The summed E-state index contributed by atoms with van der Waals surface area (Å²) in [5.74, 6) is -0.698. The van der Waals surface area contributed by atoms with Gasteiger partial charge in [0.15, 0.2) is 11.6 Å². The summed E-state index contributed by atoms with van der Waals surface area (Å²) in [6.07, 6.45) is 1.79. The summed E-state index contributed by atoms with van der Waals surface area (Å²) in [7, 11) is 0. The number of aromatic nitrogens is 2. The zero-order valence-electron chi connectivity index (χ0n) is 9.95. The number of aryl methyl sites for hydroxylation is 1. The van der Waals surface area contributed by atoms with Crippen molar-refractivity contribution in [2.75, 3.05) is 5.32 Å². The van der Waals surface area contributed by atoms with Crippen molar-refractivity contribution in [3.63, 3.8) is 0 Å². The monoisotopic (exact) mass is 249 g/mol. The van der Waals surface area contributed by atoms with Gasteiger partial charge in [0.25, 0.3) is 0 Å². The largest absolute Gasteiger partial charge is 0.363 e. The number of rotatable bonds is 4. The first-order valence-corrected chi connectivity index (χ1v) is 5.69. The fraction of sp³-hybridized carbons (Fsp3) is 0.231. The number of benzene rings is 1. The second kappa shape index (κ2) is 5.53. The van der Waals surface area contributed by atoms with Gasteiger partial charge in [-0.1, -0.05) is 25.1 Å². The number of nitrogens with zero attached hydrogens (tertiary/aromatic N) is 2. The minimum atomic E-state index is -0.476. The van der Waals surface area contributed by atoms with Crippen LogP contribution in [-0.4, -0.2) is 9.97 Å². The van der Waals surface area contributed by atoms with Gasteiger partial charge in [0.2, 0.25) is 0 Å². The standard InChI is InChI=1S/C13H13F2N3/c1-2-11-12(15)13(18-8-17-11)16-7-9-5-3-4-6-10(9)14/h3-6,8H,2,7H2,1H3,(H,16,17,18). The third-order valence-corrected chi connectivity index (χ3v) is 2.60. The van der Waals surface area contributed by atoms with Gasteiger partial charge in [0.05, 0.1) is 5.69 Å². The fourth-order valence-corrected chi connectivity index (χ4v) is 1.60. The lowest BCUT2D eigenvalue weighted by Crippen LogP contribution is -2.07. The van der Waals surface area contributed by atoms with Crippen molar-refractivity contribution in [3.8, 4) is 0 Å². The van der Waals surface area contributed by atoms with Gasteiger partial charge in [-0.2, -0.15) is 0 Å². The molecule has 0 bridgehead atoms. The quantitative estimate of drug-likeness (QED) is 0.905. The Kier molecular flexibility index (Phi) is 3.82. The highest BCUT2D eigenvalue weighted by molar-refractivity contribution is 5.38. The first-order valence-electron chi connectivity index (χ1n) is 5.69. The first kappa shape index (κ1) is 12.4. The molecule has 1 heterocycles. The molecule has 0 aliphatic carbocycles. The van der Waals surface area contributed by atoms with E-state index in [0.717, 1.165) is 0 Å². The van der Waals surface area contributed by atoms with Crippen LogP contribution in [0.15, 0.2) is 30.6 Å². The molecule has 0 unspecified atom stereocenters. The molecule has 0 fully saturated rings. The predicted octanol–water partition coefficient (Wildman–Crippen LogP) is 2.93. The average molecular weight is 249 g/mol. The molecule has 1 aromatic heterocycles. The summed E-state index contributed by atoms with van der Waals surface area (Å²) in [6.45, 7) is 2.00. The Labute approximate surface area is 104 Å². The maximum Gasteiger partial charge on any atom is 0.186 e. The second-order valence-corrected chi connectivity index (χ2v) is 3.78. The third kappa shape index (κ3) is 2.61. The normalized spacial score (nSPS) is 10.4. The number of anilines is 1. The second-order valence-electron chi connectivity index (χ2n) is 3.78. The van der Waals surface area contributed by atoms with E-state index in [1.165, 1.54) is 12.4 Å². The molecule has 2 rings (SSSR count). The van der Waals surface area contributed by atoms with Gasteiger partial charge in [-0.05, 0) is 12.5 Å². The van der Waals surface area contributed by atoms with Crippen LogP contribution in [0.25, 0.3) is 0 Å². The maximum atomic E-state index is 13.8. The molecule has 0 atom stereocenters. The van der Waals surface area contributed by atoms with E-state index >= 15 is 0 Å². The average Bonchev–Trinajstić information content (AvgIpc) is 2.39. The SMILES string of the molecule is CCc1ncnc(NCc2ccccc2F)c1F. The minimum Gasteiger partial charge on any atom is -0.363 e. The van der Waals surface area contributed by atoms with Crippen molar-refractivity contribution in [2.45, 2.75) is 19.9 Å². The molecule has 0 spiro atoms. The zero-order valence-corrected chi connectivity index (χ0v) is 9.95. The molecule has 0 radical (unpaired) electrons. The molecule has 0 amide bonds. The Morgan fingerprint density at radius 3 is 2.67 bits per heavy atom. The molecule has 0 saturated heterocycles. The van der Waals surface area contributed by atoms with Crippen LogP contribution in [0.3, 0.4) is 0 Å². The summed E-state index contributed by atoms with van der Waals surface area (Å²) < 4.78 is 27.2. The van der Waals surface area contributed by atoms with E-state index in [9.17, 15) is 8.78 Å². The Balaban J connectivity index is 2.14. The van der Waals surface area contributed by atoms with Crippen molar-refractivity contribution in [3.05, 3.63) is 53.5 Å². The summed E-state index contributed by atoms with van der Waals surface area (Å²) >= 11 is 0. The molecule has 94 valence electrons. The van der Waals surface area contributed by atoms with Gasteiger partial charge in [0, 0.05) is 12.1 Å². The van der Waals surface area contributed by atoms with Crippen molar-refractivity contribution in [1.82, 2.24) is 9.97 Å². The third-order valence-electron chi connectivity index (χ3n) is 2.60.